The Morgan fingerprint density at radius 1 is 0.850 bits per heavy atom. The largest absolute Gasteiger partial charge is 0.611 e. The van der Waals surface area contributed by atoms with Gasteiger partial charge < -0.3 is 9.29 Å². The zero-order chi connectivity index (χ0) is 31.0. The van der Waals surface area contributed by atoms with Crippen LogP contribution in [-0.2, 0) is 32.6 Å². The van der Waals surface area contributed by atoms with Gasteiger partial charge in [-0.3, -0.25) is 9.59 Å². The number of esters is 1. The van der Waals surface area contributed by atoms with E-state index >= 15 is 0 Å². The SMILES string of the molecule is CC[S+]([O-])c1cc(C(F)(F)F)ccc1C(=O)N(C(C)=O)c1ccc(C(F)(C(F)(F)F)C(F)(F)F)cc1C(=O)OC. The quantitative estimate of drug-likeness (QED) is 0.225. The third-order valence-electron chi connectivity index (χ3n) is 5.39. The second-order valence-corrected chi connectivity index (χ2v) is 9.59. The number of hydrogen-bond donors (Lipinski definition) is 0. The lowest BCUT2D eigenvalue weighted by Gasteiger charge is -2.31. The Morgan fingerprint density at radius 3 is 1.80 bits per heavy atom. The van der Waals surface area contributed by atoms with Crippen molar-refractivity contribution in [1.82, 2.24) is 0 Å². The van der Waals surface area contributed by atoms with E-state index in [1.54, 1.807) is 0 Å². The Morgan fingerprint density at radius 2 is 1.38 bits per heavy atom. The lowest BCUT2D eigenvalue weighted by molar-refractivity contribution is -0.348. The van der Waals surface area contributed by atoms with Crippen molar-refractivity contribution in [2.45, 2.75) is 42.9 Å². The number of ether oxygens (including phenoxy) is 1. The van der Waals surface area contributed by atoms with E-state index in [4.69, 9.17) is 0 Å². The summed E-state index contributed by atoms with van der Waals surface area (Å²) >= 11 is -2.25. The first-order chi connectivity index (χ1) is 18.1. The molecule has 0 aliphatic heterocycles. The van der Waals surface area contributed by atoms with E-state index in [1.165, 1.54) is 6.92 Å². The van der Waals surface area contributed by atoms with Gasteiger partial charge >= 0.3 is 30.2 Å². The molecule has 1 unspecified atom stereocenters. The van der Waals surface area contributed by atoms with Gasteiger partial charge in [0.05, 0.1) is 29.5 Å². The van der Waals surface area contributed by atoms with Crippen LogP contribution in [0.15, 0.2) is 41.3 Å². The molecule has 0 N–H and O–H groups in total. The number of imide groups is 1. The van der Waals surface area contributed by atoms with Gasteiger partial charge in [0.1, 0.15) is 5.75 Å². The summed E-state index contributed by atoms with van der Waals surface area (Å²) in [4.78, 5) is 37.5. The normalized spacial score (nSPS) is 13.6. The van der Waals surface area contributed by atoms with Crippen molar-refractivity contribution in [2.75, 3.05) is 17.8 Å². The minimum atomic E-state index is -6.57. The summed E-state index contributed by atoms with van der Waals surface area (Å²) in [5.74, 6) is -4.88. The number of alkyl halides is 10. The molecule has 0 saturated heterocycles. The molecule has 2 rings (SSSR count). The third kappa shape index (κ3) is 6.04. The molecular weight excluding hydrogens is 592 g/mol. The highest BCUT2D eigenvalue weighted by molar-refractivity contribution is 7.91. The van der Waals surface area contributed by atoms with Crippen molar-refractivity contribution in [3.63, 3.8) is 0 Å². The summed E-state index contributed by atoms with van der Waals surface area (Å²) in [5.41, 5.74) is -12.5. The minimum absolute atomic E-state index is 0.0239. The van der Waals surface area contributed by atoms with Gasteiger partial charge in [-0.2, -0.15) is 39.5 Å². The van der Waals surface area contributed by atoms with E-state index in [-0.39, 0.29) is 28.9 Å². The molecule has 0 spiro atoms. The van der Waals surface area contributed by atoms with Crippen molar-refractivity contribution in [1.29, 1.82) is 0 Å². The highest BCUT2D eigenvalue weighted by Crippen LogP contribution is 2.53. The maximum Gasteiger partial charge on any atom is 0.435 e. The van der Waals surface area contributed by atoms with Crippen LogP contribution in [-0.4, -0.2) is 47.6 Å². The first-order valence-corrected chi connectivity index (χ1v) is 11.9. The van der Waals surface area contributed by atoms with Crippen molar-refractivity contribution in [3.05, 3.63) is 58.7 Å². The Bertz CT molecular complexity index is 1290. The van der Waals surface area contributed by atoms with Crippen molar-refractivity contribution in [2.24, 2.45) is 0 Å². The smallest absolute Gasteiger partial charge is 0.435 e. The number of carbonyl (C=O) groups is 3. The van der Waals surface area contributed by atoms with Gasteiger partial charge in [0, 0.05) is 18.6 Å². The average molecular weight is 609 g/mol. The van der Waals surface area contributed by atoms with Gasteiger partial charge in [-0.05, 0) is 42.4 Å². The molecule has 0 aliphatic rings. The predicted octanol–water partition coefficient (Wildman–Crippen LogP) is 6.10. The van der Waals surface area contributed by atoms with Crippen LogP contribution < -0.4 is 4.90 Å². The number of benzene rings is 2. The summed E-state index contributed by atoms with van der Waals surface area (Å²) in [6.07, 6.45) is -18.1. The molecule has 6 nitrogen and oxygen atoms in total. The molecule has 0 saturated carbocycles. The number of nitrogens with zero attached hydrogens (tertiary/aromatic N) is 1. The van der Waals surface area contributed by atoms with Crippen LogP contribution in [0.25, 0.3) is 0 Å². The molecule has 220 valence electrons. The fourth-order valence-corrected chi connectivity index (χ4v) is 4.44. The highest BCUT2D eigenvalue weighted by atomic mass is 32.2. The van der Waals surface area contributed by atoms with E-state index in [1.807, 2.05) is 0 Å². The number of carbonyl (C=O) groups excluding carboxylic acids is 3. The fraction of sp³-hybridized carbons (Fsp3) is 0.348. The van der Waals surface area contributed by atoms with Crippen molar-refractivity contribution < 1.29 is 67.6 Å². The predicted molar refractivity (Wildman–Crippen MR) is 119 cm³/mol. The Kier molecular flexibility index (Phi) is 9.26. The molecule has 2 aromatic rings. The van der Waals surface area contributed by atoms with Crippen LogP contribution in [0.4, 0.5) is 49.6 Å². The van der Waals surface area contributed by atoms with E-state index in [0.29, 0.717) is 32.2 Å². The van der Waals surface area contributed by atoms with Gasteiger partial charge in [-0.15, -0.1) is 0 Å². The zero-order valence-electron chi connectivity index (χ0n) is 20.3. The lowest BCUT2D eigenvalue weighted by Crippen LogP contribution is -2.50. The van der Waals surface area contributed by atoms with Crippen molar-refractivity contribution >= 4 is 34.6 Å². The molecule has 0 fully saturated rings. The van der Waals surface area contributed by atoms with Crippen LogP contribution in [0.1, 0.15) is 45.7 Å². The van der Waals surface area contributed by atoms with E-state index < -0.39 is 86.0 Å². The van der Waals surface area contributed by atoms with Gasteiger partial charge in [0.2, 0.25) is 5.91 Å². The number of hydrogen-bond acceptors (Lipinski definition) is 5. The Balaban J connectivity index is 2.87. The minimum Gasteiger partial charge on any atom is -0.611 e. The topological polar surface area (TPSA) is 86.7 Å². The molecule has 0 aliphatic carbocycles. The maximum absolute atomic E-state index is 14.6. The summed E-state index contributed by atoms with van der Waals surface area (Å²) in [5, 5.41) is 0. The van der Waals surface area contributed by atoms with Gasteiger partial charge in [-0.1, -0.05) is 6.07 Å². The van der Waals surface area contributed by atoms with Gasteiger partial charge in [-0.25, -0.2) is 14.1 Å². The number of anilines is 1. The van der Waals surface area contributed by atoms with Gasteiger partial charge in [0.25, 0.3) is 5.91 Å². The van der Waals surface area contributed by atoms with Crippen LogP contribution in [0, 0.1) is 0 Å². The number of halogens is 10. The molecule has 17 heteroatoms. The van der Waals surface area contributed by atoms with Crippen LogP contribution in [0.2, 0.25) is 0 Å². The molecule has 0 heterocycles. The molecule has 2 amide bonds. The Labute approximate surface area is 222 Å². The molecule has 2 aromatic carbocycles. The van der Waals surface area contributed by atoms with Crippen LogP contribution >= 0.6 is 0 Å². The number of methoxy groups -OCH3 is 1. The summed E-state index contributed by atoms with van der Waals surface area (Å²) < 4.78 is 151. The van der Waals surface area contributed by atoms with E-state index in [0.717, 1.165) is 0 Å². The summed E-state index contributed by atoms with van der Waals surface area (Å²) in [7, 11) is 0.632. The second-order valence-electron chi connectivity index (χ2n) is 7.88. The lowest BCUT2D eigenvalue weighted by atomic mass is 9.91. The zero-order valence-corrected chi connectivity index (χ0v) is 21.2. The third-order valence-corrected chi connectivity index (χ3v) is 6.74. The number of amides is 2. The molecular formula is C23H17F10NO5S. The van der Waals surface area contributed by atoms with E-state index in [9.17, 15) is 62.8 Å². The number of rotatable bonds is 6. The average Bonchev–Trinajstić information content (AvgIpc) is 2.84. The molecule has 40 heavy (non-hydrogen) atoms. The standard InChI is InChI=1S/C23H17F10NO5S/c1-4-40(38)17-10-13(21(25,26)27)5-7-14(17)18(36)34(11(2)35)16-8-6-12(9-15(16)19(37)39-3)20(24,22(28,29)30)23(31,32)33/h5-10H,4H2,1-3H3. The highest BCUT2D eigenvalue weighted by Gasteiger charge is 2.73. The van der Waals surface area contributed by atoms with E-state index in [2.05, 4.69) is 4.74 Å². The first kappa shape index (κ1) is 32.9. The van der Waals surface area contributed by atoms with Crippen LogP contribution in [0.3, 0.4) is 0 Å². The monoisotopic (exact) mass is 609 g/mol. The van der Waals surface area contributed by atoms with Crippen LogP contribution in [0.5, 0.6) is 0 Å². The maximum atomic E-state index is 14.6. The molecule has 0 bridgehead atoms. The Hall–Kier alpha value is -3.34. The fourth-order valence-electron chi connectivity index (χ4n) is 3.47. The van der Waals surface area contributed by atoms with Gasteiger partial charge in [0.15, 0.2) is 4.90 Å². The molecule has 0 aromatic heterocycles. The molecule has 1 atom stereocenters. The summed E-state index contributed by atoms with van der Waals surface area (Å²) in [6, 6.07) is 1.24. The first-order valence-electron chi connectivity index (χ1n) is 10.6. The molecule has 0 radical (unpaired) electrons. The second kappa shape index (κ2) is 11.3. The summed E-state index contributed by atoms with van der Waals surface area (Å²) in [6.45, 7) is 1.95. The van der Waals surface area contributed by atoms with Crippen molar-refractivity contribution in [3.8, 4) is 0 Å².